The largest absolute Gasteiger partial charge is 0.444 e. The first-order chi connectivity index (χ1) is 8.11. The van der Waals surface area contributed by atoms with E-state index in [-0.39, 0.29) is 0 Å². The summed E-state index contributed by atoms with van der Waals surface area (Å²) in [5, 5.41) is 0. The number of amides is 1. The van der Waals surface area contributed by atoms with Crippen LogP contribution in [0.2, 0.25) is 0 Å². The number of hydrogen-bond donors (Lipinski definition) is 1. The Morgan fingerprint density at radius 2 is 1.61 bits per heavy atom. The van der Waals surface area contributed by atoms with Crippen molar-refractivity contribution in [1.29, 1.82) is 0 Å². The molecule has 0 radical (unpaired) electrons. The van der Waals surface area contributed by atoms with E-state index < -0.39 is 11.7 Å². The molecule has 3 heteroatoms. The van der Waals surface area contributed by atoms with Gasteiger partial charge in [0.15, 0.2) is 0 Å². The van der Waals surface area contributed by atoms with Gasteiger partial charge in [-0.3, -0.25) is 0 Å². The van der Waals surface area contributed by atoms with Crippen LogP contribution in [-0.4, -0.2) is 11.7 Å². The lowest BCUT2D eigenvalue weighted by atomic mass is 10.0. The number of hydrogen-bond acceptors (Lipinski definition) is 2. The van der Waals surface area contributed by atoms with Crippen molar-refractivity contribution < 1.29 is 9.53 Å². The lowest BCUT2D eigenvalue weighted by molar-refractivity contribution is 0.0600. The van der Waals surface area contributed by atoms with Crippen LogP contribution in [0.3, 0.4) is 0 Å². The summed E-state index contributed by atoms with van der Waals surface area (Å²) in [6.45, 7) is 11.8. The minimum absolute atomic E-state index is 0.453. The third-order valence-electron chi connectivity index (χ3n) is 2.15. The van der Waals surface area contributed by atoms with Crippen molar-refractivity contribution in [3.8, 4) is 0 Å². The van der Waals surface area contributed by atoms with Gasteiger partial charge in [-0.25, -0.2) is 4.79 Å². The molecule has 0 aliphatic rings. The molecule has 0 heterocycles. The van der Waals surface area contributed by atoms with Crippen molar-refractivity contribution in [2.75, 3.05) is 0 Å². The third-order valence-corrected chi connectivity index (χ3v) is 2.15. The van der Waals surface area contributed by atoms with E-state index in [0.29, 0.717) is 5.92 Å². The molecule has 0 unspecified atom stereocenters. The SMILES string of the molecule is CC(C)(C)OC(N)=O.Cc1ccc(C(C)C)cc1. The lowest BCUT2D eigenvalue weighted by Gasteiger charge is -2.16. The van der Waals surface area contributed by atoms with Crippen LogP contribution in [0.1, 0.15) is 51.7 Å². The van der Waals surface area contributed by atoms with Crippen LogP contribution in [-0.2, 0) is 4.74 Å². The van der Waals surface area contributed by atoms with Gasteiger partial charge >= 0.3 is 6.09 Å². The van der Waals surface area contributed by atoms with E-state index in [1.807, 2.05) is 0 Å². The summed E-state index contributed by atoms with van der Waals surface area (Å²) >= 11 is 0. The molecule has 0 bridgehead atoms. The summed E-state index contributed by atoms with van der Waals surface area (Å²) in [4.78, 5) is 10.0. The summed E-state index contributed by atoms with van der Waals surface area (Å²) in [6.07, 6.45) is -0.725. The van der Waals surface area contributed by atoms with Gasteiger partial charge in [-0.15, -0.1) is 0 Å². The van der Waals surface area contributed by atoms with Crippen LogP contribution in [0.5, 0.6) is 0 Å². The number of aryl methyl sites for hydroxylation is 1. The van der Waals surface area contributed by atoms with Gasteiger partial charge in [0.25, 0.3) is 0 Å². The first-order valence-corrected chi connectivity index (χ1v) is 6.17. The molecular weight excluding hydrogens is 226 g/mol. The topological polar surface area (TPSA) is 52.3 Å². The molecule has 18 heavy (non-hydrogen) atoms. The van der Waals surface area contributed by atoms with Crippen molar-refractivity contribution in [3.63, 3.8) is 0 Å². The van der Waals surface area contributed by atoms with Gasteiger partial charge in [0.1, 0.15) is 5.60 Å². The molecule has 0 aliphatic heterocycles. The van der Waals surface area contributed by atoms with Gasteiger partial charge in [0.05, 0.1) is 0 Å². The smallest absolute Gasteiger partial charge is 0.405 e. The number of primary amides is 1. The van der Waals surface area contributed by atoms with E-state index >= 15 is 0 Å². The van der Waals surface area contributed by atoms with Gasteiger partial charge in [-0.1, -0.05) is 43.7 Å². The summed E-state index contributed by atoms with van der Waals surface area (Å²) in [5.74, 6) is 0.653. The Hall–Kier alpha value is -1.51. The zero-order valence-electron chi connectivity index (χ0n) is 12.3. The Morgan fingerprint density at radius 3 is 1.83 bits per heavy atom. The Morgan fingerprint density at radius 1 is 1.17 bits per heavy atom. The predicted molar refractivity (Wildman–Crippen MR) is 75.7 cm³/mol. The summed E-state index contributed by atoms with van der Waals surface area (Å²) in [5.41, 5.74) is 7.02. The average molecular weight is 251 g/mol. The monoisotopic (exact) mass is 251 g/mol. The van der Waals surface area contributed by atoms with Gasteiger partial charge in [0, 0.05) is 0 Å². The number of carbonyl (C=O) groups excluding carboxylic acids is 1. The lowest BCUT2D eigenvalue weighted by Crippen LogP contribution is -2.27. The van der Waals surface area contributed by atoms with E-state index in [1.54, 1.807) is 20.8 Å². The zero-order chi connectivity index (χ0) is 14.3. The van der Waals surface area contributed by atoms with Crippen molar-refractivity contribution in [2.45, 2.75) is 53.1 Å². The highest BCUT2D eigenvalue weighted by molar-refractivity contribution is 5.65. The molecule has 0 aliphatic carbocycles. The fourth-order valence-corrected chi connectivity index (χ4v) is 1.25. The molecule has 102 valence electrons. The zero-order valence-corrected chi connectivity index (χ0v) is 12.3. The van der Waals surface area contributed by atoms with Crippen LogP contribution in [0.4, 0.5) is 4.79 Å². The maximum absolute atomic E-state index is 10.0. The number of rotatable bonds is 1. The molecule has 0 spiro atoms. The molecule has 2 N–H and O–H groups in total. The van der Waals surface area contributed by atoms with E-state index in [0.717, 1.165) is 0 Å². The minimum Gasteiger partial charge on any atom is -0.444 e. The number of carbonyl (C=O) groups is 1. The van der Waals surface area contributed by atoms with Gasteiger partial charge in [-0.05, 0) is 39.2 Å². The van der Waals surface area contributed by atoms with Crippen LogP contribution in [0, 0.1) is 6.92 Å². The van der Waals surface area contributed by atoms with Gasteiger partial charge < -0.3 is 10.5 Å². The first-order valence-electron chi connectivity index (χ1n) is 6.17. The fourth-order valence-electron chi connectivity index (χ4n) is 1.25. The minimum atomic E-state index is -0.725. The molecule has 0 atom stereocenters. The van der Waals surface area contributed by atoms with Crippen LogP contribution >= 0.6 is 0 Å². The van der Waals surface area contributed by atoms with Gasteiger partial charge in [-0.2, -0.15) is 0 Å². The van der Waals surface area contributed by atoms with E-state index in [9.17, 15) is 4.79 Å². The van der Waals surface area contributed by atoms with Crippen LogP contribution < -0.4 is 5.73 Å². The maximum Gasteiger partial charge on any atom is 0.405 e. The highest BCUT2D eigenvalue weighted by atomic mass is 16.6. The van der Waals surface area contributed by atoms with Gasteiger partial charge in [0.2, 0.25) is 0 Å². The molecule has 1 amide bonds. The van der Waals surface area contributed by atoms with E-state index in [1.165, 1.54) is 11.1 Å². The molecule has 0 saturated carbocycles. The van der Waals surface area contributed by atoms with E-state index in [2.05, 4.69) is 49.8 Å². The van der Waals surface area contributed by atoms with Crippen molar-refractivity contribution in [2.24, 2.45) is 5.73 Å². The first kappa shape index (κ1) is 16.5. The summed E-state index contributed by atoms with van der Waals surface area (Å²) in [7, 11) is 0. The Balaban J connectivity index is 0.000000331. The highest BCUT2D eigenvalue weighted by Crippen LogP contribution is 2.13. The number of ether oxygens (including phenoxy) is 1. The normalized spacial score (nSPS) is 10.6. The molecule has 1 rings (SSSR count). The second kappa shape index (κ2) is 7.04. The number of benzene rings is 1. The Labute approximate surface area is 110 Å². The van der Waals surface area contributed by atoms with E-state index in [4.69, 9.17) is 5.73 Å². The predicted octanol–water partition coefficient (Wildman–Crippen LogP) is 4.00. The quantitative estimate of drug-likeness (QED) is 0.820. The molecule has 0 fully saturated rings. The second-order valence-corrected chi connectivity index (χ2v) is 5.60. The standard InChI is InChI=1S/C10H14.C5H11NO2/c1-8(2)10-6-4-9(3)5-7-10;1-5(2,3)8-4(6)7/h4-8H,1-3H3;1-3H3,(H2,6,7). The average Bonchev–Trinajstić information content (AvgIpc) is 2.15. The summed E-state index contributed by atoms with van der Waals surface area (Å²) < 4.78 is 4.58. The van der Waals surface area contributed by atoms with Crippen LogP contribution in [0.15, 0.2) is 24.3 Å². The third kappa shape index (κ3) is 8.62. The number of nitrogens with two attached hydrogens (primary N) is 1. The van der Waals surface area contributed by atoms with Crippen LogP contribution in [0.25, 0.3) is 0 Å². The fraction of sp³-hybridized carbons (Fsp3) is 0.533. The summed E-state index contributed by atoms with van der Waals surface area (Å²) in [6, 6.07) is 8.71. The highest BCUT2D eigenvalue weighted by Gasteiger charge is 2.12. The molecule has 1 aromatic rings. The van der Waals surface area contributed by atoms with Crippen molar-refractivity contribution in [1.82, 2.24) is 0 Å². The molecular formula is C15H25NO2. The second-order valence-electron chi connectivity index (χ2n) is 5.60. The van der Waals surface area contributed by atoms with Crippen molar-refractivity contribution >= 4 is 6.09 Å². The molecule has 0 saturated heterocycles. The molecule has 0 aromatic heterocycles. The Kier molecular flexibility index (Phi) is 6.45. The molecule has 3 nitrogen and oxygen atoms in total. The molecule has 1 aromatic carbocycles. The maximum atomic E-state index is 10.0. The van der Waals surface area contributed by atoms with Crippen molar-refractivity contribution in [3.05, 3.63) is 35.4 Å². The Bertz CT molecular complexity index is 361.